The Kier molecular flexibility index (Phi) is 30.2. The number of carbonyl (C=O) groups is 3. The van der Waals surface area contributed by atoms with Gasteiger partial charge < -0.3 is 19.1 Å². The maximum Gasteiger partial charge on any atom is 0.308 e. The zero-order valence-corrected chi connectivity index (χ0v) is 34.0. The van der Waals surface area contributed by atoms with Crippen molar-refractivity contribution in [2.24, 2.45) is 17.8 Å². The van der Waals surface area contributed by atoms with Crippen LogP contribution in [0.2, 0.25) is 0 Å². The first-order chi connectivity index (χ1) is 25.4. The average molecular weight is 728 g/mol. The van der Waals surface area contributed by atoms with E-state index in [0.29, 0.717) is 32.7 Å². The molecule has 0 aliphatic carbocycles. The first kappa shape index (κ1) is 47.5. The van der Waals surface area contributed by atoms with Gasteiger partial charge in [0.15, 0.2) is 0 Å². The Morgan fingerprint density at radius 3 is 1.71 bits per heavy atom. The summed E-state index contributed by atoms with van der Waals surface area (Å²) in [7, 11) is 2.08. The Labute approximate surface area is 319 Å². The van der Waals surface area contributed by atoms with Crippen molar-refractivity contribution in [1.82, 2.24) is 4.90 Å². The van der Waals surface area contributed by atoms with Crippen molar-refractivity contribution in [3.63, 3.8) is 0 Å². The second-order valence-electron chi connectivity index (χ2n) is 15.0. The van der Waals surface area contributed by atoms with E-state index >= 15 is 0 Å². The van der Waals surface area contributed by atoms with Gasteiger partial charge in [0.1, 0.15) is 0 Å². The van der Waals surface area contributed by atoms with Crippen LogP contribution in [-0.2, 0) is 28.6 Å². The first-order valence-corrected chi connectivity index (χ1v) is 21.4. The van der Waals surface area contributed by atoms with Crippen LogP contribution < -0.4 is 0 Å². The van der Waals surface area contributed by atoms with Crippen LogP contribution in [0.1, 0.15) is 181 Å². The van der Waals surface area contributed by atoms with E-state index < -0.39 is 0 Å². The summed E-state index contributed by atoms with van der Waals surface area (Å²) in [5.74, 6) is 0.0756. The zero-order valence-electron chi connectivity index (χ0n) is 34.0. The predicted octanol–water partition coefficient (Wildman–Crippen LogP) is 11.2. The maximum atomic E-state index is 13.0. The summed E-state index contributed by atoms with van der Waals surface area (Å²) >= 11 is 0. The van der Waals surface area contributed by atoms with Crippen molar-refractivity contribution in [3.8, 4) is 0 Å². The van der Waals surface area contributed by atoms with Crippen LogP contribution >= 0.6 is 0 Å². The number of hydrogen-bond acceptors (Lipinski definition) is 7. The third kappa shape index (κ3) is 24.6. The summed E-state index contributed by atoms with van der Waals surface area (Å²) < 4.78 is 17.3. The number of ether oxygens (including phenoxy) is 3. The number of carbonyl (C=O) groups excluding carboxylic acids is 3. The molecule has 0 radical (unpaired) electrons. The first-order valence-electron chi connectivity index (χ1n) is 21.4. The fourth-order valence-corrected chi connectivity index (χ4v) is 7.16. The van der Waals surface area contributed by atoms with Gasteiger partial charge in [-0.1, -0.05) is 122 Å². The van der Waals surface area contributed by atoms with Gasteiger partial charge in [0.05, 0.1) is 25.7 Å². The van der Waals surface area contributed by atoms with E-state index in [1.807, 2.05) is 0 Å². The normalized spacial score (nSPS) is 21.6. The molecule has 0 bridgehead atoms. The standard InChI is InChI=1S/C45H77NO6/c1-6-10-19-26-39-33-37-50-43(47)31-23-17-13-15-21-28-41(45(49)52-36-25-35-46(5)9-4)29-22-16-14-18-24-32-44(48)51-38-34-40(27-20-11-7-2)42(39)30-12-8-3/h39-41H,3,6-7,9-11,13-29,31-38H2,1-2,4-5H3. The molecule has 1 aliphatic heterocycles. The van der Waals surface area contributed by atoms with E-state index in [1.54, 1.807) is 0 Å². The molecule has 0 aromatic rings. The number of esters is 3. The number of rotatable bonds is 14. The average Bonchev–Trinajstić information content (AvgIpc) is 3.13. The largest absolute Gasteiger partial charge is 0.466 e. The van der Waals surface area contributed by atoms with Crippen LogP contribution in [0.3, 0.4) is 0 Å². The lowest BCUT2D eigenvalue weighted by Crippen LogP contribution is -2.23. The smallest absolute Gasteiger partial charge is 0.308 e. The van der Waals surface area contributed by atoms with Gasteiger partial charge in [0.25, 0.3) is 0 Å². The second-order valence-corrected chi connectivity index (χ2v) is 15.0. The van der Waals surface area contributed by atoms with Crippen molar-refractivity contribution in [2.75, 3.05) is 40.0 Å². The molecule has 1 rings (SSSR count). The monoisotopic (exact) mass is 728 g/mol. The van der Waals surface area contributed by atoms with Crippen molar-refractivity contribution in [1.29, 1.82) is 0 Å². The van der Waals surface area contributed by atoms with Crippen molar-refractivity contribution in [3.05, 3.63) is 29.3 Å². The van der Waals surface area contributed by atoms with Gasteiger partial charge in [0, 0.05) is 19.4 Å². The topological polar surface area (TPSA) is 82.1 Å². The number of cyclic esters (lactones) is 2. The van der Waals surface area contributed by atoms with E-state index in [0.717, 1.165) is 161 Å². The molecule has 0 aromatic carbocycles. The molecule has 0 spiro atoms. The lowest BCUT2D eigenvalue weighted by atomic mass is 9.79. The Morgan fingerprint density at radius 1 is 0.731 bits per heavy atom. The molecule has 298 valence electrons. The van der Waals surface area contributed by atoms with Gasteiger partial charge in [-0.2, -0.15) is 0 Å². The molecule has 2 unspecified atom stereocenters. The number of unbranched alkanes of at least 4 members (excludes halogenated alkanes) is 4. The molecular weight excluding hydrogens is 650 g/mol. The van der Waals surface area contributed by atoms with Crippen molar-refractivity contribution >= 4 is 17.9 Å². The highest BCUT2D eigenvalue weighted by atomic mass is 16.5. The van der Waals surface area contributed by atoms with Crippen LogP contribution in [-0.4, -0.2) is 62.8 Å². The summed E-state index contributed by atoms with van der Waals surface area (Å²) in [6.07, 6.45) is 23.6. The van der Waals surface area contributed by atoms with Crippen LogP contribution in [0.4, 0.5) is 0 Å². The van der Waals surface area contributed by atoms with E-state index in [2.05, 4.69) is 56.5 Å². The maximum absolute atomic E-state index is 13.0. The Balaban J connectivity index is 2.95. The van der Waals surface area contributed by atoms with Crippen LogP contribution in [0.15, 0.2) is 29.3 Å². The SMILES string of the molecule is C=C=C=C=C1C(CCCCC)CCOC(=O)CCCCCCCC(C(=O)OCCCN(C)CC)CCCCCCCC(=O)OCCC1CCCCC. The number of hydrogen-bond donors (Lipinski definition) is 0. The highest BCUT2D eigenvalue weighted by molar-refractivity contribution is 5.72. The molecule has 1 aliphatic rings. The molecule has 0 aromatic heterocycles. The highest BCUT2D eigenvalue weighted by Crippen LogP contribution is 2.33. The molecule has 2 atom stereocenters. The van der Waals surface area contributed by atoms with Crippen LogP contribution in [0.5, 0.6) is 0 Å². The number of allylic oxidation sites excluding steroid dienone is 1. The summed E-state index contributed by atoms with van der Waals surface area (Å²) in [5.41, 5.74) is 10.4. The summed E-state index contributed by atoms with van der Waals surface area (Å²) in [6, 6.07) is 0. The van der Waals surface area contributed by atoms with E-state index in [1.165, 1.54) is 5.57 Å². The molecule has 52 heavy (non-hydrogen) atoms. The minimum Gasteiger partial charge on any atom is -0.466 e. The van der Waals surface area contributed by atoms with Crippen LogP contribution in [0.25, 0.3) is 0 Å². The molecule has 1 fully saturated rings. The van der Waals surface area contributed by atoms with Gasteiger partial charge in [0.2, 0.25) is 0 Å². The Bertz CT molecular complexity index is 1020. The highest BCUT2D eigenvalue weighted by Gasteiger charge is 2.24. The third-order valence-corrected chi connectivity index (χ3v) is 10.6. The van der Waals surface area contributed by atoms with Gasteiger partial charge in [-0.3, -0.25) is 14.4 Å². The minimum atomic E-state index is -0.125. The minimum absolute atomic E-state index is 0.0474. The van der Waals surface area contributed by atoms with Gasteiger partial charge in [-0.15, -0.1) is 0 Å². The zero-order chi connectivity index (χ0) is 38.1. The lowest BCUT2D eigenvalue weighted by molar-refractivity contribution is -0.149. The van der Waals surface area contributed by atoms with Gasteiger partial charge in [-0.05, 0) is 101 Å². The van der Waals surface area contributed by atoms with E-state index in [-0.39, 0.29) is 35.7 Å². The molecule has 1 saturated heterocycles. The lowest BCUT2D eigenvalue weighted by Gasteiger charge is -2.26. The Morgan fingerprint density at radius 2 is 1.23 bits per heavy atom. The predicted molar refractivity (Wildman–Crippen MR) is 213 cm³/mol. The molecule has 0 amide bonds. The summed E-state index contributed by atoms with van der Waals surface area (Å²) in [4.78, 5) is 40.7. The fourth-order valence-electron chi connectivity index (χ4n) is 7.16. The van der Waals surface area contributed by atoms with Crippen molar-refractivity contribution in [2.45, 2.75) is 181 Å². The molecular formula is C45H77NO6. The molecule has 1 heterocycles. The van der Waals surface area contributed by atoms with Gasteiger partial charge in [-0.25, -0.2) is 0 Å². The van der Waals surface area contributed by atoms with E-state index in [9.17, 15) is 14.4 Å². The van der Waals surface area contributed by atoms with E-state index in [4.69, 9.17) is 14.2 Å². The second kappa shape index (κ2) is 33.1. The number of nitrogens with zero attached hydrogens (tertiary/aromatic N) is 1. The van der Waals surface area contributed by atoms with Crippen LogP contribution in [0, 0.1) is 17.8 Å². The molecule has 0 saturated carbocycles. The quantitative estimate of drug-likeness (QED) is 0.0762. The molecule has 0 N–H and O–H groups in total. The molecule has 7 heteroatoms. The molecule has 7 nitrogen and oxygen atoms in total. The summed E-state index contributed by atoms with van der Waals surface area (Å²) in [5, 5.41) is 0. The fraction of sp³-hybridized carbons (Fsp3) is 0.822. The van der Waals surface area contributed by atoms with Gasteiger partial charge >= 0.3 is 17.9 Å². The third-order valence-electron chi connectivity index (χ3n) is 10.6. The summed E-state index contributed by atoms with van der Waals surface area (Å²) in [6.45, 7) is 13.5. The Hall–Kier alpha value is -2.55. The van der Waals surface area contributed by atoms with Crippen molar-refractivity contribution < 1.29 is 28.6 Å².